The van der Waals surface area contributed by atoms with Crippen LogP contribution in [0.5, 0.6) is 0 Å². The molecule has 1 aromatic heterocycles. The molecule has 1 atom stereocenters. The number of aromatic nitrogens is 2. The number of halogens is 1. The largest absolute Gasteiger partial charge is 0.356 e. The van der Waals surface area contributed by atoms with Crippen molar-refractivity contribution >= 4 is 17.6 Å². The van der Waals surface area contributed by atoms with Crippen LogP contribution in [0.3, 0.4) is 0 Å². The second-order valence-electron chi connectivity index (χ2n) is 7.83. The summed E-state index contributed by atoms with van der Waals surface area (Å²) in [7, 11) is 1.81. The highest BCUT2D eigenvalue weighted by Crippen LogP contribution is 2.26. The van der Waals surface area contributed by atoms with Crippen molar-refractivity contribution in [2.45, 2.75) is 50.6 Å². The minimum absolute atomic E-state index is 0.460. The first-order valence-corrected chi connectivity index (χ1v) is 10.9. The lowest BCUT2D eigenvalue weighted by molar-refractivity contribution is 0.242. The molecule has 2 heterocycles. The number of hydrogen-bond acceptors (Lipinski definition) is 5. The Morgan fingerprint density at radius 2 is 2.03 bits per heavy atom. The Kier molecular flexibility index (Phi) is 6.67. The maximum Gasteiger partial charge on any atom is 0.228 e. The molecule has 4 rings (SSSR count). The van der Waals surface area contributed by atoms with Crippen LogP contribution in [-0.4, -0.2) is 59.8 Å². The zero-order valence-electron chi connectivity index (χ0n) is 16.9. The number of nitrogens with zero attached hydrogens (tertiary/aromatic N) is 4. The normalized spacial score (nSPS) is 21.0. The summed E-state index contributed by atoms with van der Waals surface area (Å²) in [6.45, 7) is 2.98. The summed E-state index contributed by atoms with van der Waals surface area (Å²) in [5.41, 5.74) is 0.892. The smallest absolute Gasteiger partial charge is 0.228 e. The van der Waals surface area contributed by atoms with Gasteiger partial charge in [-0.05, 0) is 43.5 Å². The lowest BCUT2D eigenvalue weighted by atomic mass is 10.2. The molecule has 0 radical (unpaired) electrons. The van der Waals surface area contributed by atoms with Gasteiger partial charge in [-0.1, -0.05) is 29.6 Å². The van der Waals surface area contributed by atoms with Crippen molar-refractivity contribution in [2.75, 3.05) is 26.7 Å². The van der Waals surface area contributed by atoms with Gasteiger partial charge in [0.15, 0.2) is 5.96 Å². The third-order valence-corrected chi connectivity index (χ3v) is 6.08. The summed E-state index contributed by atoms with van der Waals surface area (Å²) in [4.78, 5) is 11.5. The fourth-order valence-corrected chi connectivity index (χ4v) is 4.38. The molecular formula is C21H29ClN6O. The molecule has 0 amide bonds. The number of nitrogens with one attached hydrogen (secondary N) is 2. The van der Waals surface area contributed by atoms with E-state index in [1.165, 1.54) is 38.6 Å². The second-order valence-corrected chi connectivity index (χ2v) is 8.27. The first-order chi connectivity index (χ1) is 14.2. The van der Waals surface area contributed by atoms with Crippen molar-refractivity contribution in [1.29, 1.82) is 0 Å². The minimum Gasteiger partial charge on any atom is -0.356 e. The Hall–Kier alpha value is -2.12. The summed E-state index contributed by atoms with van der Waals surface area (Å²) in [6, 6.07) is 8.67. The summed E-state index contributed by atoms with van der Waals surface area (Å²) < 4.78 is 5.37. The molecule has 1 saturated heterocycles. The summed E-state index contributed by atoms with van der Waals surface area (Å²) in [5, 5.41) is 11.7. The summed E-state index contributed by atoms with van der Waals surface area (Å²) in [6.07, 6.45) is 7.31. The molecule has 0 bridgehead atoms. The molecule has 1 aromatic carbocycles. The molecule has 0 spiro atoms. The van der Waals surface area contributed by atoms with Gasteiger partial charge in [0.05, 0.1) is 0 Å². The average Bonchev–Trinajstić information content (AvgIpc) is 3.49. The van der Waals surface area contributed by atoms with Gasteiger partial charge in [-0.25, -0.2) is 0 Å². The monoisotopic (exact) mass is 416 g/mol. The van der Waals surface area contributed by atoms with Crippen LogP contribution < -0.4 is 10.6 Å². The van der Waals surface area contributed by atoms with E-state index in [1.54, 1.807) is 0 Å². The number of aliphatic imine (C=N–C) groups is 1. The Labute approximate surface area is 176 Å². The van der Waals surface area contributed by atoms with E-state index in [-0.39, 0.29) is 0 Å². The van der Waals surface area contributed by atoms with Crippen molar-refractivity contribution in [3.63, 3.8) is 0 Å². The summed E-state index contributed by atoms with van der Waals surface area (Å²) in [5.74, 6) is 2.02. The molecule has 1 unspecified atom stereocenters. The van der Waals surface area contributed by atoms with Crippen molar-refractivity contribution < 1.29 is 4.52 Å². The van der Waals surface area contributed by atoms with Gasteiger partial charge in [0.1, 0.15) is 0 Å². The molecule has 7 nitrogen and oxygen atoms in total. The third-order valence-electron chi connectivity index (χ3n) is 5.83. The maximum atomic E-state index is 5.93. The van der Waals surface area contributed by atoms with Gasteiger partial charge in [0, 0.05) is 55.8 Å². The van der Waals surface area contributed by atoms with Crippen LogP contribution in [-0.2, 0) is 6.42 Å². The second kappa shape index (κ2) is 9.59. The van der Waals surface area contributed by atoms with E-state index in [4.69, 9.17) is 16.1 Å². The van der Waals surface area contributed by atoms with Crippen molar-refractivity contribution in [1.82, 2.24) is 25.7 Å². The molecule has 2 aliphatic rings. The van der Waals surface area contributed by atoms with Crippen molar-refractivity contribution in [2.24, 2.45) is 4.99 Å². The SMILES string of the molecule is CN=C(NCCc1nc(-c2ccc(Cl)cc2)no1)NC1CCN(C2CCCC2)C1. The van der Waals surface area contributed by atoms with Crippen LogP contribution >= 0.6 is 11.6 Å². The van der Waals surface area contributed by atoms with Gasteiger partial charge in [0.2, 0.25) is 11.7 Å². The van der Waals surface area contributed by atoms with Crippen LogP contribution in [0.1, 0.15) is 38.0 Å². The molecular weight excluding hydrogens is 388 g/mol. The van der Waals surface area contributed by atoms with Gasteiger partial charge >= 0.3 is 0 Å². The lowest BCUT2D eigenvalue weighted by Crippen LogP contribution is -2.45. The van der Waals surface area contributed by atoms with Gasteiger partial charge in [0.25, 0.3) is 0 Å². The van der Waals surface area contributed by atoms with Crippen LogP contribution in [0.15, 0.2) is 33.8 Å². The van der Waals surface area contributed by atoms with Gasteiger partial charge in [-0.15, -0.1) is 0 Å². The Morgan fingerprint density at radius 3 is 2.79 bits per heavy atom. The fourth-order valence-electron chi connectivity index (χ4n) is 4.25. The number of hydrogen-bond donors (Lipinski definition) is 2. The highest BCUT2D eigenvalue weighted by Gasteiger charge is 2.30. The quantitative estimate of drug-likeness (QED) is 0.556. The molecule has 1 aliphatic heterocycles. The number of benzene rings is 1. The molecule has 8 heteroatoms. The maximum absolute atomic E-state index is 5.93. The standard InChI is InChI=1S/C21H29ClN6O/c1-23-21(25-17-11-13-28(14-17)18-4-2-3-5-18)24-12-10-19-26-20(27-29-19)15-6-8-16(22)9-7-15/h6-9,17-18H,2-5,10-14H2,1H3,(H2,23,24,25). The molecule has 1 saturated carbocycles. The average molecular weight is 417 g/mol. The van der Waals surface area contributed by atoms with E-state index in [2.05, 4.69) is 30.7 Å². The molecule has 2 aromatic rings. The highest BCUT2D eigenvalue weighted by molar-refractivity contribution is 6.30. The van der Waals surface area contributed by atoms with Crippen LogP contribution in [0.2, 0.25) is 5.02 Å². The topological polar surface area (TPSA) is 78.6 Å². The predicted molar refractivity (Wildman–Crippen MR) is 115 cm³/mol. The van der Waals surface area contributed by atoms with E-state index >= 15 is 0 Å². The minimum atomic E-state index is 0.460. The Bertz CT molecular complexity index is 815. The zero-order chi connectivity index (χ0) is 20.1. The van der Waals surface area contributed by atoms with E-state index in [0.29, 0.717) is 35.7 Å². The number of likely N-dealkylation sites (tertiary alicyclic amines) is 1. The van der Waals surface area contributed by atoms with Gasteiger partial charge < -0.3 is 15.2 Å². The van der Waals surface area contributed by atoms with Gasteiger partial charge in [-0.3, -0.25) is 9.89 Å². The van der Waals surface area contributed by atoms with Crippen LogP contribution in [0.25, 0.3) is 11.4 Å². The predicted octanol–water partition coefficient (Wildman–Crippen LogP) is 3.11. The van der Waals surface area contributed by atoms with Gasteiger partial charge in [-0.2, -0.15) is 4.98 Å². The van der Waals surface area contributed by atoms with Crippen molar-refractivity contribution in [3.8, 4) is 11.4 Å². The molecule has 156 valence electrons. The number of guanidine groups is 1. The van der Waals surface area contributed by atoms with Crippen LogP contribution in [0.4, 0.5) is 0 Å². The van der Waals surface area contributed by atoms with Crippen LogP contribution in [0, 0.1) is 0 Å². The Balaban J connectivity index is 1.22. The van der Waals surface area contributed by atoms with E-state index in [0.717, 1.165) is 24.1 Å². The fraction of sp³-hybridized carbons (Fsp3) is 0.571. The van der Waals surface area contributed by atoms with E-state index in [9.17, 15) is 0 Å². The number of rotatable bonds is 6. The highest BCUT2D eigenvalue weighted by atomic mass is 35.5. The summed E-state index contributed by atoms with van der Waals surface area (Å²) >= 11 is 5.93. The molecule has 2 N–H and O–H groups in total. The van der Waals surface area contributed by atoms with E-state index in [1.807, 2.05) is 31.3 Å². The van der Waals surface area contributed by atoms with Crippen molar-refractivity contribution in [3.05, 3.63) is 35.2 Å². The molecule has 29 heavy (non-hydrogen) atoms. The zero-order valence-corrected chi connectivity index (χ0v) is 17.7. The first kappa shape index (κ1) is 20.2. The molecule has 2 fully saturated rings. The first-order valence-electron chi connectivity index (χ1n) is 10.5. The van der Waals surface area contributed by atoms with E-state index < -0.39 is 0 Å². The Morgan fingerprint density at radius 1 is 1.24 bits per heavy atom. The lowest BCUT2D eigenvalue weighted by Gasteiger charge is -2.24. The third kappa shape index (κ3) is 5.28. The molecule has 1 aliphatic carbocycles.